The highest BCUT2D eigenvalue weighted by atomic mass is 32.2. The number of halogens is 1. The number of amidine groups is 1. The van der Waals surface area contributed by atoms with Gasteiger partial charge in [0.1, 0.15) is 11.5 Å². The summed E-state index contributed by atoms with van der Waals surface area (Å²) in [6.45, 7) is 0. The molecule has 1 aliphatic heterocycles. The van der Waals surface area contributed by atoms with E-state index in [0.29, 0.717) is 15.6 Å². The first-order valence-electron chi connectivity index (χ1n) is 7.29. The first-order chi connectivity index (χ1) is 12.1. The number of para-hydroxylation sites is 1. The van der Waals surface area contributed by atoms with Crippen LogP contribution in [0.3, 0.4) is 0 Å². The number of amides is 1. The minimum Gasteiger partial charge on any atom is -0.465 e. The van der Waals surface area contributed by atoms with E-state index in [1.165, 1.54) is 19.2 Å². The number of benzene rings is 2. The summed E-state index contributed by atoms with van der Waals surface area (Å²) in [6.07, 6.45) is 1.67. The predicted molar refractivity (Wildman–Crippen MR) is 95.0 cm³/mol. The third-order valence-corrected chi connectivity index (χ3v) is 4.26. The Bertz CT molecular complexity index is 891. The molecule has 1 aliphatic rings. The first-order valence-corrected chi connectivity index (χ1v) is 8.11. The average Bonchev–Trinajstić information content (AvgIpc) is 2.96. The molecule has 7 heteroatoms. The molecule has 0 bridgehead atoms. The van der Waals surface area contributed by atoms with Crippen molar-refractivity contribution in [1.82, 2.24) is 5.32 Å². The fourth-order valence-corrected chi connectivity index (χ4v) is 2.95. The van der Waals surface area contributed by atoms with Crippen LogP contribution in [0, 0.1) is 5.82 Å². The lowest BCUT2D eigenvalue weighted by molar-refractivity contribution is -0.115. The SMILES string of the molecule is COC(=O)c1ccc(/C=C2\SC(=Nc3ccccc3F)NC2=O)cc1. The Labute approximate surface area is 147 Å². The van der Waals surface area contributed by atoms with Gasteiger partial charge in [-0.15, -0.1) is 0 Å². The first kappa shape index (κ1) is 16.9. The Hall–Kier alpha value is -2.93. The summed E-state index contributed by atoms with van der Waals surface area (Å²) >= 11 is 1.12. The van der Waals surface area contributed by atoms with Gasteiger partial charge in [0.15, 0.2) is 5.17 Å². The summed E-state index contributed by atoms with van der Waals surface area (Å²) in [6, 6.07) is 12.7. The molecule has 5 nitrogen and oxygen atoms in total. The number of rotatable bonds is 3. The highest BCUT2D eigenvalue weighted by Gasteiger charge is 2.24. The maximum atomic E-state index is 13.6. The molecule has 0 aromatic heterocycles. The normalized spacial score (nSPS) is 17.0. The molecule has 3 rings (SSSR count). The number of carbonyl (C=O) groups excluding carboxylic acids is 2. The number of ether oxygens (including phenoxy) is 1. The zero-order valence-corrected chi connectivity index (χ0v) is 14.0. The van der Waals surface area contributed by atoms with Gasteiger partial charge in [-0.05, 0) is 47.7 Å². The highest BCUT2D eigenvalue weighted by Crippen LogP contribution is 2.28. The summed E-state index contributed by atoms with van der Waals surface area (Å²) in [5.74, 6) is -1.19. The van der Waals surface area contributed by atoms with Crippen molar-refractivity contribution in [1.29, 1.82) is 0 Å². The van der Waals surface area contributed by atoms with Crippen molar-refractivity contribution in [2.75, 3.05) is 7.11 Å². The van der Waals surface area contributed by atoms with Crippen LogP contribution in [0.25, 0.3) is 6.08 Å². The second-order valence-electron chi connectivity index (χ2n) is 5.05. The van der Waals surface area contributed by atoms with E-state index in [1.54, 1.807) is 42.5 Å². The Morgan fingerprint density at radius 2 is 1.92 bits per heavy atom. The number of aliphatic imine (C=N–C) groups is 1. The van der Waals surface area contributed by atoms with E-state index in [0.717, 1.165) is 17.3 Å². The quantitative estimate of drug-likeness (QED) is 0.675. The molecule has 2 aromatic carbocycles. The number of hydrogen-bond donors (Lipinski definition) is 1. The third-order valence-electron chi connectivity index (χ3n) is 3.35. The molecule has 126 valence electrons. The molecule has 1 fully saturated rings. The van der Waals surface area contributed by atoms with Crippen molar-refractivity contribution in [2.24, 2.45) is 4.99 Å². The molecular weight excluding hydrogens is 343 g/mol. The number of esters is 1. The van der Waals surface area contributed by atoms with Gasteiger partial charge in [-0.25, -0.2) is 14.2 Å². The van der Waals surface area contributed by atoms with Gasteiger partial charge in [-0.1, -0.05) is 24.3 Å². The van der Waals surface area contributed by atoms with E-state index < -0.39 is 11.8 Å². The van der Waals surface area contributed by atoms with Crippen molar-refractivity contribution in [3.8, 4) is 0 Å². The van der Waals surface area contributed by atoms with Crippen LogP contribution in [0.15, 0.2) is 58.4 Å². The highest BCUT2D eigenvalue weighted by molar-refractivity contribution is 8.18. The second kappa shape index (κ2) is 7.31. The maximum absolute atomic E-state index is 13.6. The Balaban J connectivity index is 1.80. The number of nitrogens with zero attached hydrogens (tertiary/aromatic N) is 1. The monoisotopic (exact) mass is 356 g/mol. The fraction of sp³-hybridized carbons (Fsp3) is 0.0556. The summed E-state index contributed by atoms with van der Waals surface area (Å²) < 4.78 is 18.3. The molecular formula is C18H13FN2O3S. The topological polar surface area (TPSA) is 67.8 Å². The molecule has 1 amide bonds. The van der Waals surface area contributed by atoms with Crippen LogP contribution in [0.2, 0.25) is 0 Å². The number of nitrogens with one attached hydrogen (secondary N) is 1. The Morgan fingerprint density at radius 1 is 1.20 bits per heavy atom. The molecule has 1 N–H and O–H groups in total. The lowest BCUT2D eigenvalue weighted by Gasteiger charge is -2.00. The molecule has 2 aromatic rings. The molecule has 0 spiro atoms. The van der Waals surface area contributed by atoms with Gasteiger partial charge in [-0.2, -0.15) is 0 Å². The summed E-state index contributed by atoms with van der Waals surface area (Å²) in [4.78, 5) is 28.0. The van der Waals surface area contributed by atoms with Gasteiger partial charge in [-0.3, -0.25) is 4.79 Å². The van der Waals surface area contributed by atoms with Gasteiger partial charge in [0.25, 0.3) is 5.91 Å². The largest absolute Gasteiger partial charge is 0.465 e. The van der Waals surface area contributed by atoms with E-state index >= 15 is 0 Å². The van der Waals surface area contributed by atoms with Crippen LogP contribution < -0.4 is 5.32 Å². The van der Waals surface area contributed by atoms with Crippen LogP contribution in [-0.4, -0.2) is 24.2 Å². The predicted octanol–water partition coefficient (Wildman–Crippen LogP) is 3.50. The number of thioether (sulfide) groups is 1. The zero-order valence-electron chi connectivity index (χ0n) is 13.2. The standard InChI is InChI=1S/C18H13FN2O3S/c1-24-17(23)12-8-6-11(7-9-12)10-15-16(22)21-18(25-15)20-14-5-3-2-4-13(14)19/h2-10H,1H3,(H,20,21,22)/b15-10-. The molecule has 0 radical (unpaired) electrons. The van der Waals surface area contributed by atoms with Crippen molar-refractivity contribution >= 4 is 40.6 Å². The minimum atomic E-state index is -0.458. The van der Waals surface area contributed by atoms with E-state index in [4.69, 9.17) is 0 Å². The van der Waals surface area contributed by atoms with Gasteiger partial charge in [0, 0.05) is 0 Å². The zero-order chi connectivity index (χ0) is 17.8. The van der Waals surface area contributed by atoms with Crippen LogP contribution >= 0.6 is 11.8 Å². The second-order valence-corrected chi connectivity index (χ2v) is 6.08. The summed E-state index contributed by atoms with van der Waals surface area (Å²) in [5, 5.41) is 2.92. The average molecular weight is 356 g/mol. The lowest BCUT2D eigenvalue weighted by atomic mass is 10.1. The van der Waals surface area contributed by atoms with Crippen LogP contribution in [-0.2, 0) is 9.53 Å². The maximum Gasteiger partial charge on any atom is 0.337 e. The van der Waals surface area contributed by atoms with Gasteiger partial charge in [0.2, 0.25) is 0 Å². The molecule has 0 atom stereocenters. The molecule has 0 unspecified atom stereocenters. The van der Waals surface area contributed by atoms with E-state index in [2.05, 4.69) is 15.0 Å². The fourth-order valence-electron chi connectivity index (χ4n) is 2.12. The molecule has 0 aliphatic carbocycles. The molecule has 1 saturated heterocycles. The number of methoxy groups -OCH3 is 1. The van der Waals surface area contributed by atoms with Crippen molar-refractivity contribution in [3.63, 3.8) is 0 Å². The molecule has 1 heterocycles. The number of carbonyl (C=O) groups is 2. The third kappa shape index (κ3) is 3.95. The van der Waals surface area contributed by atoms with Gasteiger partial charge >= 0.3 is 5.97 Å². The molecule has 25 heavy (non-hydrogen) atoms. The minimum absolute atomic E-state index is 0.161. The van der Waals surface area contributed by atoms with Crippen molar-refractivity contribution in [2.45, 2.75) is 0 Å². The van der Waals surface area contributed by atoms with Crippen LogP contribution in [0.1, 0.15) is 15.9 Å². The number of hydrogen-bond acceptors (Lipinski definition) is 5. The van der Waals surface area contributed by atoms with E-state index in [1.807, 2.05) is 0 Å². The smallest absolute Gasteiger partial charge is 0.337 e. The van der Waals surface area contributed by atoms with Crippen molar-refractivity contribution in [3.05, 3.63) is 70.4 Å². The summed E-state index contributed by atoms with van der Waals surface area (Å²) in [7, 11) is 1.31. The Morgan fingerprint density at radius 3 is 2.60 bits per heavy atom. The van der Waals surface area contributed by atoms with Crippen LogP contribution in [0.4, 0.5) is 10.1 Å². The molecule has 0 saturated carbocycles. The Kier molecular flexibility index (Phi) is 4.95. The van der Waals surface area contributed by atoms with E-state index in [-0.39, 0.29) is 11.6 Å². The van der Waals surface area contributed by atoms with Gasteiger partial charge in [0.05, 0.1) is 17.6 Å². The summed E-state index contributed by atoms with van der Waals surface area (Å²) in [5.41, 5.74) is 1.33. The van der Waals surface area contributed by atoms with Crippen molar-refractivity contribution < 1.29 is 18.7 Å². The van der Waals surface area contributed by atoms with Gasteiger partial charge < -0.3 is 10.1 Å². The lowest BCUT2D eigenvalue weighted by Crippen LogP contribution is -2.19. The van der Waals surface area contributed by atoms with E-state index in [9.17, 15) is 14.0 Å². The van der Waals surface area contributed by atoms with Crippen LogP contribution in [0.5, 0.6) is 0 Å².